The van der Waals surface area contributed by atoms with Crippen LogP contribution in [0.1, 0.15) is 47.0 Å². The highest BCUT2D eigenvalue weighted by atomic mass is 16.1. The molecule has 2 rings (SSSR count). The molecule has 21 heavy (non-hydrogen) atoms. The van der Waals surface area contributed by atoms with Crippen molar-refractivity contribution in [3.05, 3.63) is 42.0 Å². The fraction of sp³-hybridized carbons (Fsp3) is 0.526. The summed E-state index contributed by atoms with van der Waals surface area (Å²) >= 11 is 0. The Labute approximate surface area is 128 Å². The van der Waals surface area contributed by atoms with Gasteiger partial charge in [0.2, 0.25) is 0 Å². The number of carbonyl (C=O) groups excluding carboxylic acids is 1. The molecule has 0 spiro atoms. The van der Waals surface area contributed by atoms with Crippen molar-refractivity contribution < 1.29 is 10.1 Å². The first kappa shape index (κ1) is 16.0. The maximum absolute atomic E-state index is 12.8. The van der Waals surface area contributed by atoms with Gasteiger partial charge in [-0.25, -0.2) is 0 Å². The highest BCUT2D eigenvalue weighted by molar-refractivity contribution is 5.85. The molecule has 0 saturated heterocycles. The van der Waals surface area contributed by atoms with Gasteiger partial charge < -0.3 is 5.32 Å². The van der Waals surface area contributed by atoms with Gasteiger partial charge in [-0.15, -0.1) is 0 Å². The SMILES string of the molecule is CC1=CCCC(C)(C)C1C(=O)CC(C)[NH2+]c1ccccc1. The van der Waals surface area contributed by atoms with Gasteiger partial charge in [-0.05, 0) is 44.2 Å². The van der Waals surface area contributed by atoms with Crippen molar-refractivity contribution in [3.63, 3.8) is 0 Å². The van der Waals surface area contributed by atoms with Crippen LogP contribution < -0.4 is 5.32 Å². The summed E-state index contributed by atoms with van der Waals surface area (Å²) in [6.07, 6.45) is 5.10. The normalized spacial score (nSPS) is 22.5. The number of nitrogens with two attached hydrogens (primary N) is 1. The molecule has 0 amide bonds. The first-order valence-electron chi connectivity index (χ1n) is 7.99. The molecule has 0 aliphatic heterocycles. The molecular weight excluding hydrogens is 258 g/mol. The highest BCUT2D eigenvalue weighted by Crippen LogP contribution is 2.41. The maximum atomic E-state index is 12.8. The third-order valence-corrected chi connectivity index (χ3v) is 4.61. The fourth-order valence-corrected chi connectivity index (χ4v) is 3.63. The molecular formula is C19H28NO+. The number of allylic oxidation sites excluding steroid dienone is 2. The van der Waals surface area contributed by atoms with E-state index in [4.69, 9.17) is 0 Å². The van der Waals surface area contributed by atoms with Crippen LogP contribution in [0.3, 0.4) is 0 Å². The third kappa shape index (κ3) is 4.04. The fourth-order valence-electron chi connectivity index (χ4n) is 3.63. The lowest BCUT2D eigenvalue weighted by Crippen LogP contribution is -2.84. The Morgan fingerprint density at radius 2 is 2.00 bits per heavy atom. The van der Waals surface area contributed by atoms with Crippen LogP contribution in [0.5, 0.6) is 0 Å². The molecule has 2 nitrogen and oxygen atoms in total. The largest absolute Gasteiger partial charge is 0.311 e. The zero-order valence-corrected chi connectivity index (χ0v) is 13.7. The van der Waals surface area contributed by atoms with Crippen LogP contribution in [-0.2, 0) is 4.79 Å². The van der Waals surface area contributed by atoms with E-state index in [0.717, 1.165) is 12.8 Å². The van der Waals surface area contributed by atoms with E-state index in [-0.39, 0.29) is 17.4 Å². The van der Waals surface area contributed by atoms with Crippen molar-refractivity contribution >= 4 is 11.5 Å². The Morgan fingerprint density at radius 3 is 2.62 bits per heavy atom. The minimum Gasteiger partial charge on any atom is -0.311 e. The summed E-state index contributed by atoms with van der Waals surface area (Å²) in [4.78, 5) is 12.8. The quantitative estimate of drug-likeness (QED) is 0.651. The molecule has 2 atom stereocenters. The Morgan fingerprint density at radius 1 is 1.33 bits per heavy atom. The average Bonchev–Trinajstić information content (AvgIpc) is 2.38. The van der Waals surface area contributed by atoms with Gasteiger partial charge in [-0.3, -0.25) is 4.79 Å². The van der Waals surface area contributed by atoms with Gasteiger partial charge in [0.25, 0.3) is 0 Å². The van der Waals surface area contributed by atoms with Crippen LogP contribution in [0, 0.1) is 11.3 Å². The molecule has 1 aliphatic rings. The standard InChI is InChI=1S/C19H27NO/c1-14-9-8-12-19(3,4)18(14)17(21)13-15(2)20-16-10-6-5-7-11-16/h5-7,9-11,15,18,20H,8,12-13H2,1-4H3/p+1. The van der Waals surface area contributed by atoms with E-state index >= 15 is 0 Å². The Balaban J connectivity index is 2.00. The number of hydrogen-bond donors (Lipinski definition) is 1. The second-order valence-electron chi connectivity index (χ2n) is 7.13. The summed E-state index contributed by atoms with van der Waals surface area (Å²) in [6, 6.07) is 10.6. The van der Waals surface area contributed by atoms with Crippen LogP contribution >= 0.6 is 0 Å². The summed E-state index contributed by atoms with van der Waals surface area (Å²) in [5.74, 6) is 0.492. The number of carbonyl (C=O) groups is 1. The Hall–Kier alpha value is -1.41. The zero-order chi connectivity index (χ0) is 15.5. The van der Waals surface area contributed by atoms with Crippen LogP contribution in [0.25, 0.3) is 0 Å². The predicted molar refractivity (Wildman–Crippen MR) is 87.4 cm³/mol. The molecule has 1 aromatic carbocycles. The molecule has 2 heteroatoms. The van der Waals surface area contributed by atoms with Crippen LogP contribution in [0.15, 0.2) is 42.0 Å². The predicted octanol–water partition coefficient (Wildman–Crippen LogP) is 3.61. The maximum Gasteiger partial charge on any atom is 0.146 e. The molecule has 0 fully saturated rings. The molecule has 0 bridgehead atoms. The first-order valence-corrected chi connectivity index (χ1v) is 7.99. The van der Waals surface area contributed by atoms with Crippen LogP contribution in [0.4, 0.5) is 5.69 Å². The molecule has 1 aliphatic carbocycles. The lowest BCUT2D eigenvalue weighted by Gasteiger charge is -2.37. The molecule has 0 aromatic heterocycles. The van der Waals surface area contributed by atoms with Gasteiger partial charge in [0.15, 0.2) is 0 Å². The van der Waals surface area contributed by atoms with Crippen molar-refractivity contribution in [2.75, 3.05) is 0 Å². The van der Waals surface area contributed by atoms with Gasteiger partial charge in [-0.2, -0.15) is 0 Å². The average molecular weight is 286 g/mol. The Kier molecular flexibility index (Phi) is 5.00. The molecule has 1 aromatic rings. The minimum absolute atomic E-state index is 0.0953. The summed E-state index contributed by atoms with van der Waals surface area (Å²) in [5.41, 5.74) is 2.57. The van der Waals surface area contributed by atoms with E-state index in [1.165, 1.54) is 11.3 Å². The topological polar surface area (TPSA) is 33.7 Å². The molecule has 0 saturated carbocycles. The summed E-state index contributed by atoms with van der Waals surface area (Å²) in [7, 11) is 0. The molecule has 2 unspecified atom stereocenters. The zero-order valence-electron chi connectivity index (χ0n) is 13.7. The molecule has 0 radical (unpaired) electrons. The molecule has 0 heterocycles. The van der Waals surface area contributed by atoms with Crippen LogP contribution in [-0.4, -0.2) is 11.8 Å². The molecule has 114 valence electrons. The Bertz CT molecular complexity index is 516. The van der Waals surface area contributed by atoms with Crippen molar-refractivity contribution in [2.24, 2.45) is 11.3 Å². The number of benzene rings is 1. The van der Waals surface area contributed by atoms with E-state index < -0.39 is 0 Å². The van der Waals surface area contributed by atoms with E-state index in [1.807, 2.05) is 18.2 Å². The van der Waals surface area contributed by atoms with Crippen molar-refractivity contribution in [1.29, 1.82) is 0 Å². The summed E-state index contributed by atoms with van der Waals surface area (Å²) < 4.78 is 0. The van der Waals surface area contributed by atoms with Crippen molar-refractivity contribution in [1.82, 2.24) is 0 Å². The van der Waals surface area contributed by atoms with Crippen molar-refractivity contribution in [3.8, 4) is 0 Å². The van der Waals surface area contributed by atoms with Crippen molar-refractivity contribution in [2.45, 2.75) is 53.0 Å². The third-order valence-electron chi connectivity index (χ3n) is 4.61. The second-order valence-corrected chi connectivity index (χ2v) is 7.13. The number of quaternary nitrogens is 1. The van der Waals surface area contributed by atoms with Gasteiger partial charge >= 0.3 is 0 Å². The lowest BCUT2D eigenvalue weighted by molar-refractivity contribution is -0.606. The van der Waals surface area contributed by atoms with Gasteiger partial charge in [0, 0.05) is 5.92 Å². The number of rotatable bonds is 5. The van der Waals surface area contributed by atoms with E-state index in [0.29, 0.717) is 12.2 Å². The smallest absolute Gasteiger partial charge is 0.146 e. The number of Topliss-reactive ketones (excluding diaryl/α,β-unsaturated/α-hetero) is 1. The number of para-hydroxylation sites is 1. The minimum atomic E-state index is 0.0953. The molecule has 2 N–H and O–H groups in total. The van der Waals surface area contributed by atoms with E-state index in [9.17, 15) is 4.79 Å². The van der Waals surface area contributed by atoms with E-state index in [1.54, 1.807) is 0 Å². The van der Waals surface area contributed by atoms with Crippen LogP contribution in [0.2, 0.25) is 0 Å². The van der Waals surface area contributed by atoms with Gasteiger partial charge in [0.1, 0.15) is 11.5 Å². The number of ketones is 1. The number of hydrogen-bond acceptors (Lipinski definition) is 1. The summed E-state index contributed by atoms with van der Waals surface area (Å²) in [5, 5.41) is 2.20. The van der Waals surface area contributed by atoms with Gasteiger partial charge in [0.05, 0.1) is 12.5 Å². The first-order chi connectivity index (χ1) is 9.90. The lowest BCUT2D eigenvalue weighted by atomic mass is 9.66. The van der Waals surface area contributed by atoms with E-state index in [2.05, 4.69) is 51.2 Å². The summed E-state index contributed by atoms with van der Waals surface area (Å²) in [6.45, 7) is 8.73. The highest BCUT2D eigenvalue weighted by Gasteiger charge is 2.38. The monoisotopic (exact) mass is 286 g/mol. The van der Waals surface area contributed by atoms with Gasteiger partial charge in [-0.1, -0.05) is 43.7 Å². The second kappa shape index (κ2) is 6.57.